The molecule has 0 unspecified atom stereocenters. The Bertz CT molecular complexity index is 745. The largest absolute Gasteiger partial charge is 0.297 e. The normalized spacial score (nSPS) is 35.4. The van der Waals surface area contributed by atoms with Crippen molar-refractivity contribution in [3.05, 3.63) is 17.5 Å². The Morgan fingerprint density at radius 1 is 1.17 bits per heavy atom. The predicted octanol–water partition coefficient (Wildman–Crippen LogP) is 1.67. The van der Waals surface area contributed by atoms with E-state index >= 15 is 0 Å². The Balaban J connectivity index is 1.94. The molecule has 0 saturated carbocycles. The lowest BCUT2D eigenvalue weighted by Gasteiger charge is -2.40. The van der Waals surface area contributed by atoms with E-state index in [4.69, 9.17) is 0 Å². The summed E-state index contributed by atoms with van der Waals surface area (Å²) in [7, 11) is -6.92. The molecule has 1 aromatic heterocycles. The molecule has 0 bridgehead atoms. The molecule has 5 nitrogen and oxygen atoms in total. The van der Waals surface area contributed by atoms with Gasteiger partial charge in [-0.05, 0) is 29.7 Å². The van der Waals surface area contributed by atoms with Crippen molar-refractivity contribution in [2.45, 2.75) is 35.8 Å². The zero-order valence-electron chi connectivity index (χ0n) is 13.4. The molecule has 3 heterocycles. The number of thiophene rings is 1. The number of nitrogens with zero attached hydrogens (tertiary/aromatic N) is 1. The van der Waals surface area contributed by atoms with Gasteiger partial charge in [0.25, 0.3) is 0 Å². The lowest BCUT2D eigenvalue weighted by atomic mass is 9.91. The number of hydrogen-bond acceptors (Lipinski definition) is 6. The number of piperidine rings is 1. The minimum Gasteiger partial charge on any atom is -0.297 e. The fourth-order valence-corrected chi connectivity index (χ4v) is 10.0. The summed E-state index contributed by atoms with van der Waals surface area (Å²) in [6.45, 7) is 5.85. The molecule has 1 aromatic rings. The highest BCUT2D eigenvalue weighted by molar-refractivity contribution is 7.97. The van der Waals surface area contributed by atoms with Gasteiger partial charge in [-0.25, -0.2) is 16.8 Å². The first-order chi connectivity index (χ1) is 10.7. The summed E-state index contributed by atoms with van der Waals surface area (Å²) in [5.41, 5.74) is 0. The molecule has 0 spiro atoms. The van der Waals surface area contributed by atoms with Gasteiger partial charge in [0.2, 0.25) is 0 Å². The van der Waals surface area contributed by atoms with E-state index in [2.05, 4.69) is 18.7 Å². The van der Waals surface area contributed by atoms with Crippen LogP contribution in [0.1, 0.15) is 20.3 Å². The van der Waals surface area contributed by atoms with Gasteiger partial charge >= 0.3 is 0 Å². The lowest BCUT2D eigenvalue weighted by Crippen LogP contribution is -2.51. The molecule has 23 heavy (non-hydrogen) atoms. The van der Waals surface area contributed by atoms with Crippen LogP contribution in [0.25, 0.3) is 0 Å². The van der Waals surface area contributed by atoms with Crippen molar-refractivity contribution in [1.82, 2.24) is 4.90 Å². The summed E-state index contributed by atoms with van der Waals surface area (Å²) in [6.07, 6.45) is 1.11. The number of likely N-dealkylation sites (tertiary alicyclic amines) is 1. The second kappa shape index (κ2) is 6.13. The van der Waals surface area contributed by atoms with Gasteiger partial charge in [-0.2, -0.15) is 0 Å². The predicted molar refractivity (Wildman–Crippen MR) is 92.3 cm³/mol. The van der Waals surface area contributed by atoms with E-state index in [0.29, 0.717) is 11.8 Å². The summed E-state index contributed by atoms with van der Waals surface area (Å²) in [5, 5.41) is 0.875. The molecule has 0 amide bonds. The number of sulfone groups is 2. The topological polar surface area (TPSA) is 71.5 Å². The highest BCUT2D eigenvalue weighted by Gasteiger charge is 2.49. The molecule has 130 valence electrons. The summed E-state index contributed by atoms with van der Waals surface area (Å²) >= 11 is 1.17. The van der Waals surface area contributed by atoms with Gasteiger partial charge in [0, 0.05) is 19.1 Å². The van der Waals surface area contributed by atoms with Crippen LogP contribution in [-0.4, -0.2) is 57.6 Å². The van der Waals surface area contributed by atoms with E-state index in [-0.39, 0.29) is 15.7 Å². The Labute approximate surface area is 142 Å². The van der Waals surface area contributed by atoms with Gasteiger partial charge in [-0.3, -0.25) is 4.90 Å². The summed E-state index contributed by atoms with van der Waals surface area (Å²) in [4.78, 5) is 2.11. The molecule has 8 heteroatoms. The van der Waals surface area contributed by atoms with Gasteiger partial charge in [0.15, 0.2) is 19.7 Å². The van der Waals surface area contributed by atoms with Crippen LogP contribution in [0.5, 0.6) is 0 Å². The van der Waals surface area contributed by atoms with E-state index in [0.717, 1.165) is 19.5 Å². The molecule has 0 N–H and O–H groups in total. The van der Waals surface area contributed by atoms with Gasteiger partial charge in [-0.15, -0.1) is 11.3 Å². The maximum absolute atomic E-state index is 12.9. The average molecular weight is 378 g/mol. The number of rotatable bonds is 3. The van der Waals surface area contributed by atoms with Crippen molar-refractivity contribution in [1.29, 1.82) is 0 Å². The lowest BCUT2D eigenvalue weighted by molar-refractivity contribution is 0.107. The smallest absolute Gasteiger partial charge is 0.193 e. The molecular weight excluding hydrogens is 354 g/mol. The minimum absolute atomic E-state index is 0.0400. The first-order valence-electron chi connectivity index (χ1n) is 7.91. The number of hydrogen-bond donors (Lipinski definition) is 0. The Morgan fingerprint density at radius 3 is 2.39 bits per heavy atom. The molecule has 2 saturated heterocycles. The molecule has 0 aliphatic carbocycles. The van der Waals surface area contributed by atoms with Gasteiger partial charge in [-0.1, -0.05) is 19.9 Å². The molecular formula is C15H23NO4S3. The van der Waals surface area contributed by atoms with Gasteiger partial charge in [0.1, 0.15) is 4.21 Å². The summed E-state index contributed by atoms with van der Waals surface area (Å²) < 4.78 is 50.5. The van der Waals surface area contributed by atoms with Crippen molar-refractivity contribution < 1.29 is 16.8 Å². The molecule has 3 rings (SSSR count). The summed E-state index contributed by atoms with van der Waals surface area (Å²) in [6, 6.07) is 2.85. The van der Waals surface area contributed by atoms with Crippen LogP contribution in [0, 0.1) is 11.8 Å². The van der Waals surface area contributed by atoms with Crippen LogP contribution in [0.15, 0.2) is 21.7 Å². The molecule has 2 aliphatic rings. The van der Waals surface area contributed by atoms with E-state index in [1.54, 1.807) is 17.5 Å². The van der Waals surface area contributed by atoms with E-state index in [1.165, 1.54) is 11.3 Å². The van der Waals surface area contributed by atoms with Crippen LogP contribution in [0.4, 0.5) is 0 Å². The third-order valence-electron chi connectivity index (χ3n) is 4.81. The molecule has 0 aromatic carbocycles. The van der Waals surface area contributed by atoms with Gasteiger partial charge in [0.05, 0.1) is 16.8 Å². The van der Waals surface area contributed by atoms with E-state index in [9.17, 15) is 16.8 Å². The van der Waals surface area contributed by atoms with Crippen molar-refractivity contribution in [3.63, 3.8) is 0 Å². The third-order valence-corrected chi connectivity index (χ3v) is 10.4. The van der Waals surface area contributed by atoms with E-state index in [1.807, 2.05) is 0 Å². The fraction of sp³-hybridized carbons (Fsp3) is 0.733. The minimum atomic E-state index is -3.60. The Morgan fingerprint density at radius 2 is 1.83 bits per heavy atom. The first kappa shape index (κ1) is 17.4. The van der Waals surface area contributed by atoms with Crippen molar-refractivity contribution >= 4 is 31.0 Å². The van der Waals surface area contributed by atoms with Crippen LogP contribution >= 0.6 is 11.3 Å². The quantitative estimate of drug-likeness (QED) is 0.801. The van der Waals surface area contributed by atoms with Crippen molar-refractivity contribution in [2.24, 2.45) is 11.8 Å². The SMILES string of the molecule is C[C@@H]1C[C@H](C)CN([C@@H]2CS(=O)(=O)C[C@H]2S(=O)(=O)c2cccs2)C1. The second-order valence-corrected chi connectivity index (χ2v) is 12.6. The first-order valence-corrected chi connectivity index (χ1v) is 12.2. The third kappa shape index (κ3) is 3.50. The highest BCUT2D eigenvalue weighted by Crippen LogP contribution is 2.33. The molecule has 2 aliphatic heterocycles. The second-order valence-electron chi connectivity index (χ2n) is 7.06. The molecule has 4 atom stereocenters. The molecule has 2 fully saturated rings. The Hall–Kier alpha value is -0.440. The van der Waals surface area contributed by atoms with Crippen LogP contribution < -0.4 is 0 Å². The highest BCUT2D eigenvalue weighted by atomic mass is 32.2. The zero-order chi connectivity index (χ0) is 16.8. The van der Waals surface area contributed by atoms with E-state index < -0.39 is 31.0 Å². The zero-order valence-corrected chi connectivity index (χ0v) is 15.8. The molecule has 0 radical (unpaired) electrons. The average Bonchev–Trinajstić information content (AvgIpc) is 3.05. The van der Waals surface area contributed by atoms with Crippen LogP contribution in [-0.2, 0) is 19.7 Å². The van der Waals surface area contributed by atoms with Crippen LogP contribution in [0.2, 0.25) is 0 Å². The monoisotopic (exact) mass is 377 g/mol. The van der Waals surface area contributed by atoms with Crippen molar-refractivity contribution in [2.75, 3.05) is 24.6 Å². The maximum atomic E-state index is 12.9. The maximum Gasteiger partial charge on any atom is 0.193 e. The van der Waals surface area contributed by atoms with Gasteiger partial charge < -0.3 is 0 Å². The van der Waals surface area contributed by atoms with Crippen LogP contribution in [0.3, 0.4) is 0 Å². The van der Waals surface area contributed by atoms with Crippen molar-refractivity contribution in [3.8, 4) is 0 Å². The standard InChI is InChI=1S/C15H23NO4S3/c1-11-6-12(2)8-16(7-11)13-9-22(17,18)10-14(13)23(19,20)15-4-3-5-21-15/h3-5,11-14H,6-10H2,1-2H3/t11-,12+,13-,14-/m1/s1. The fourth-order valence-electron chi connectivity index (χ4n) is 3.99. The summed E-state index contributed by atoms with van der Waals surface area (Å²) in [5.74, 6) is 0.637. The Kier molecular flexibility index (Phi) is 4.63.